The monoisotopic (exact) mass is 481 g/mol. The van der Waals surface area contributed by atoms with E-state index in [2.05, 4.69) is 0 Å². The lowest BCUT2D eigenvalue weighted by atomic mass is 10.2. The third-order valence-corrected chi connectivity index (χ3v) is 5.02. The molecule has 0 N–H and O–H groups in total. The van der Waals surface area contributed by atoms with Gasteiger partial charge < -0.3 is 28.4 Å². The maximum absolute atomic E-state index is 12.1. The summed E-state index contributed by atoms with van der Waals surface area (Å²) in [5.74, 6) is 0.826. The molecule has 0 atom stereocenters. The van der Waals surface area contributed by atoms with Crippen LogP contribution in [0.25, 0.3) is 6.08 Å². The van der Waals surface area contributed by atoms with Gasteiger partial charge in [-0.25, -0.2) is 0 Å². The SMILES string of the molecule is COCCOCOc1ccc(C=CC=CC(=O)n2ccsc2=S)cc1OCOCCOC. The van der Waals surface area contributed by atoms with Crippen LogP contribution in [-0.4, -0.2) is 64.7 Å². The first kappa shape index (κ1) is 25.9. The van der Waals surface area contributed by atoms with E-state index in [1.165, 1.54) is 22.0 Å². The second-order valence-corrected chi connectivity index (χ2v) is 7.67. The van der Waals surface area contributed by atoms with E-state index in [9.17, 15) is 4.79 Å². The van der Waals surface area contributed by atoms with Gasteiger partial charge in [-0.3, -0.25) is 9.36 Å². The van der Waals surface area contributed by atoms with Gasteiger partial charge in [0.15, 0.2) is 29.0 Å². The molecule has 1 aromatic heterocycles. The summed E-state index contributed by atoms with van der Waals surface area (Å²) < 4.78 is 33.9. The van der Waals surface area contributed by atoms with Gasteiger partial charge in [0.25, 0.3) is 5.91 Å². The number of benzene rings is 1. The van der Waals surface area contributed by atoms with Gasteiger partial charge in [-0.1, -0.05) is 24.3 Å². The fourth-order valence-electron chi connectivity index (χ4n) is 2.29. The summed E-state index contributed by atoms with van der Waals surface area (Å²) in [4.78, 5) is 12.1. The summed E-state index contributed by atoms with van der Waals surface area (Å²) >= 11 is 6.44. The van der Waals surface area contributed by atoms with Gasteiger partial charge >= 0.3 is 0 Å². The highest BCUT2D eigenvalue weighted by Crippen LogP contribution is 2.29. The molecule has 8 nitrogen and oxygen atoms in total. The van der Waals surface area contributed by atoms with E-state index in [1.807, 2.05) is 18.2 Å². The van der Waals surface area contributed by atoms with Crippen LogP contribution in [0.5, 0.6) is 11.5 Å². The highest BCUT2D eigenvalue weighted by atomic mass is 32.1. The molecule has 0 spiro atoms. The fraction of sp³-hybridized carbons (Fsp3) is 0.364. The molecule has 0 amide bonds. The topological polar surface area (TPSA) is 77.4 Å². The Kier molecular flexibility index (Phi) is 12.5. The van der Waals surface area contributed by atoms with Crippen LogP contribution >= 0.6 is 23.6 Å². The standard InChI is InChI=1S/C22H27NO7S2/c1-25-10-12-27-16-29-19-8-7-18(15-20(19)30-17-28-13-11-26-2)5-3-4-6-21(24)23-9-14-32-22(23)31/h3-9,14-15H,10-13,16-17H2,1-2H3. The Morgan fingerprint density at radius 3 is 2.31 bits per heavy atom. The third-order valence-electron chi connectivity index (χ3n) is 3.88. The smallest absolute Gasteiger partial charge is 0.256 e. The zero-order valence-corrected chi connectivity index (χ0v) is 19.7. The molecule has 32 heavy (non-hydrogen) atoms. The molecule has 0 aliphatic carbocycles. The minimum Gasteiger partial charge on any atom is -0.464 e. The number of aromatic nitrogens is 1. The number of hydrogen-bond donors (Lipinski definition) is 0. The van der Waals surface area contributed by atoms with Crippen LogP contribution in [-0.2, 0) is 18.9 Å². The molecule has 0 unspecified atom stereocenters. The summed E-state index contributed by atoms with van der Waals surface area (Å²) in [6.07, 6.45) is 8.36. The predicted molar refractivity (Wildman–Crippen MR) is 125 cm³/mol. The maximum atomic E-state index is 12.1. The lowest BCUT2D eigenvalue weighted by Crippen LogP contribution is -2.10. The molecule has 0 radical (unpaired) electrons. The number of thiazole rings is 1. The van der Waals surface area contributed by atoms with E-state index in [-0.39, 0.29) is 19.5 Å². The highest BCUT2D eigenvalue weighted by molar-refractivity contribution is 7.73. The number of methoxy groups -OCH3 is 2. The van der Waals surface area contributed by atoms with Crippen molar-refractivity contribution in [1.82, 2.24) is 4.57 Å². The van der Waals surface area contributed by atoms with Gasteiger partial charge in [-0.05, 0) is 29.9 Å². The van der Waals surface area contributed by atoms with E-state index < -0.39 is 0 Å². The molecule has 0 bridgehead atoms. The van der Waals surface area contributed by atoms with Crippen molar-refractivity contribution in [2.24, 2.45) is 0 Å². The first-order valence-electron chi connectivity index (χ1n) is 9.74. The number of ether oxygens (including phenoxy) is 6. The zero-order valence-electron chi connectivity index (χ0n) is 18.1. The molecule has 0 aliphatic heterocycles. The molecule has 2 aromatic rings. The Bertz CT molecular complexity index is 936. The average Bonchev–Trinajstić information content (AvgIpc) is 3.23. The average molecular weight is 482 g/mol. The Morgan fingerprint density at radius 2 is 1.69 bits per heavy atom. The van der Waals surface area contributed by atoms with Gasteiger partial charge in [0.2, 0.25) is 0 Å². The normalized spacial score (nSPS) is 11.4. The van der Waals surface area contributed by atoms with E-state index in [4.69, 9.17) is 40.6 Å². The molecule has 1 heterocycles. The Hall–Kier alpha value is -2.34. The van der Waals surface area contributed by atoms with Gasteiger partial charge in [-0.15, -0.1) is 11.3 Å². The molecular weight excluding hydrogens is 454 g/mol. The van der Waals surface area contributed by atoms with Crippen molar-refractivity contribution in [2.45, 2.75) is 0 Å². The lowest BCUT2D eigenvalue weighted by molar-refractivity contribution is -0.0207. The second kappa shape index (κ2) is 15.5. The van der Waals surface area contributed by atoms with Gasteiger partial charge in [0, 0.05) is 31.9 Å². The summed E-state index contributed by atoms with van der Waals surface area (Å²) in [5.41, 5.74) is 0.855. The highest BCUT2D eigenvalue weighted by Gasteiger charge is 2.07. The first-order chi connectivity index (χ1) is 15.7. The van der Waals surface area contributed by atoms with Crippen LogP contribution in [0.3, 0.4) is 0 Å². The Balaban J connectivity index is 1.99. The van der Waals surface area contributed by atoms with E-state index >= 15 is 0 Å². The molecular formula is C22H27NO7S2. The Labute approximate surface area is 196 Å². The summed E-state index contributed by atoms with van der Waals surface area (Å²) in [7, 11) is 3.21. The van der Waals surface area contributed by atoms with Gasteiger partial charge in [-0.2, -0.15) is 0 Å². The molecule has 174 valence electrons. The number of allylic oxidation sites excluding steroid dienone is 3. The fourth-order valence-corrected chi connectivity index (χ4v) is 3.17. The number of carbonyl (C=O) groups is 1. The number of rotatable bonds is 15. The Morgan fingerprint density at radius 1 is 1.00 bits per heavy atom. The summed E-state index contributed by atoms with van der Waals surface area (Å²) in [6, 6.07) is 5.46. The van der Waals surface area contributed by atoms with E-state index in [0.717, 1.165) is 5.56 Å². The van der Waals surface area contributed by atoms with Crippen LogP contribution in [0.2, 0.25) is 0 Å². The minimum absolute atomic E-state index is 0.0487. The van der Waals surface area contributed by atoms with Crippen molar-refractivity contribution in [3.05, 3.63) is 57.5 Å². The first-order valence-corrected chi connectivity index (χ1v) is 11.0. The van der Waals surface area contributed by atoms with Crippen LogP contribution < -0.4 is 9.47 Å². The van der Waals surface area contributed by atoms with Crippen molar-refractivity contribution >= 4 is 35.5 Å². The van der Waals surface area contributed by atoms with Gasteiger partial charge in [0.05, 0.1) is 26.4 Å². The summed E-state index contributed by atoms with van der Waals surface area (Å²) in [6.45, 7) is 1.92. The van der Waals surface area contributed by atoms with E-state index in [1.54, 1.807) is 44.0 Å². The second-order valence-electron chi connectivity index (χ2n) is 6.13. The van der Waals surface area contributed by atoms with Crippen molar-refractivity contribution in [3.63, 3.8) is 0 Å². The van der Waals surface area contributed by atoms with Crippen molar-refractivity contribution in [1.29, 1.82) is 0 Å². The largest absolute Gasteiger partial charge is 0.464 e. The van der Waals surface area contributed by atoms with Crippen LogP contribution in [0.15, 0.2) is 48.0 Å². The van der Waals surface area contributed by atoms with Crippen LogP contribution in [0.4, 0.5) is 0 Å². The number of carbonyl (C=O) groups excluding carboxylic acids is 1. The molecule has 0 fully saturated rings. The maximum Gasteiger partial charge on any atom is 0.256 e. The predicted octanol–water partition coefficient (Wildman–Crippen LogP) is 4.19. The number of nitrogens with zero attached hydrogens (tertiary/aromatic N) is 1. The van der Waals surface area contributed by atoms with Crippen LogP contribution in [0.1, 0.15) is 10.4 Å². The molecule has 0 saturated carbocycles. The summed E-state index contributed by atoms with van der Waals surface area (Å²) in [5, 5.41) is 1.77. The van der Waals surface area contributed by atoms with Crippen LogP contribution in [0, 0.1) is 3.95 Å². The van der Waals surface area contributed by atoms with Gasteiger partial charge in [0.1, 0.15) is 0 Å². The molecule has 2 rings (SSSR count). The molecule has 10 heteroatoms. The number of hydrogen-bond acceptors (Lipinski definition) is 9. The molecule has 1 aromatic carbocycles. The quantitative estimate of drug-likeness (QED) is 0.123. The van der Waals surface area contributed by atoms with Crippen molar-refractivity contribution < 1.29 is 33.2 Å². The van der Waals surface area contributed by atoms with Crippen molar-refractivity contribution in [2.75, 3.05) is 54.2 Å². The third kappa shape index (κ3) is 9.43. The van der Waals surface area contributed by atoms with Crippen molar-refractivity contribution in [3.8, 4) is 11.5 Å². The molecule has 0 aliphatic rings. The lowest BCUT2D eigenvalue weighted by Gasteiger charge is -2.14. The molecule has 0 saturated heterocycles. The minimum atomic E-state index is -0.199. The zero-order chi connectivity index (χ0) is 23.0. The van der Waals surface area contributed by atoms with E-state index in [0.29, 0.717) is 41.9 Å².